The van der Waals surface area contributed by atoms with Crippen LogP contribution >= 0.6 is 10.0 Å². The van der Waals surface area contributed by atoms with Crippen LogP contribution in [0, 0.1) is 17.0 Å². The van der Waals surface area contributed by atoms with Crippen LogP contribution in [0.3, 0.4) is 0 Å². The summed E-state index contributed by atoms with van der Waals surface area (Å²) in [4.78, 5) is 37.2. The van der Waals surface area contributed by atoms with Crippen LogP contribution in [0.4, 0.5) is 14.5 Å². The first-order valence-electron chi connectivity index (χ1n) is 10.7. The molecular weight excluding hydrogens is 478 g/mol. The lowest BCUT2D eigenvalue weighted by molar-refractivity contribution is -0.144. The van der Waals surface area contributed by atoms with Gasteiger partial charge in [-0.05, 0) is 42.0 Å². The van der Waals surface area contributed by atoms with Gasteiger partial charge in [-0.15, -0.1) is 0 Å². The fourth-order valence-electron chi connectivity index (χ4n) is 3.49. The summed E-state index contributed by atoms with van der Waals surface area (Å²) in [6, 6.07) is 7.52. The van der Waals surface area contributed by atoms with Crippen molar-refractivity contribution in [3.63, 3.8) is 0 Å². The van der Waals surface area contributed by atoms with E-state index in [0.717, 1.165) is 17.7 Å². The van der Waals surface area contributed by atoms with Gasteiger partial charge in [0.05, 0.1) is 23.3 Å². The fraction of sp³-hybridized carbons (Fsp3) is 0.400. The number of amides is 2. The number of nitrogens with one attached hydrogen (secondary N) is 2. The molecule has 7 nitrogen and oxygen atoms in total. The molecule has 10 heteroatoms. The highest BCUT2D eigenvalue weighted by Crippen LogP contribution is 2.48. The van der Waals surface area contributed by atoms with Crippen LogP contribution in [0.25, 0.3) is 0 Å². The molecule has 35 heavy (non-hydrogen) atoms. The number of methoxy groups -OCH3 is 1. The van der Waals surface area contributed by atoms with Gasteiger partial charge in [-0.1, -0.05) is 38.1 Å². The molecule has 1 atom stereocenters. The molecule has 2 aromatic rings. The van der Waals surface area contributed by atoms with Crippen LogP contribution in [0.15, 0.2) is 41.3 Å². The molecule has 0 aliphatic carbocycles. The summed E-state index contributed by atoms with van der Waals surface area (Å²) in [5, 5.41) is 14.2. The molecule has 2 rings (SSSR count). The van der Waals surface area contributed by atoms with Gasteiger partial charge in [0.25, 0.3) is 5.91 Å². The first-order chi connectivity index (χ1) is 16.2. The SMILES string of the molecule is COCc1ccc([C@@H](NC(=O)C(C)(C)CC(=O)O)C(=O)Nc2cc(F)c(S(C)(C)C)c(F)c2)cc1. The number of carboxylic acid groups (broad SMARTS) is 1. The Hall–Kier alpha value is -2.98. The zero-order valence-corrected chi connectivity index (χ0v) is 21.5. The Kier molecular flexibility index (Phi) is 9.02. The van der Waals surface area contributed by atoms with E-state index in [9.17, 15) is 23.2 Å². The molecule has 0 spiro atoms. The third kappa shape index (κ3) is 7.50. The van der Waals surface area contributed by atoms with E-state index in [0.29, 0.717) is 12.2 Å². The molecule has 192 valence electrons. The van der Waals surface area contributed by atoms with Gasteiger partial charge < -0.3 is 20.5 Å². The minimum Gasteiger partial charge on any atom is -0.481 e. The zero-order valence-electron chi connectivity index (χ0n) is 20.7. The highest BCUT2D eigenvalue weighted by atomic mass is 32.3. The van der Waals surface area contributed by atoms with E-state index in [1.165, 1.54) is 13.8 Å². The minimum absolute atomic E-state index is 0.0236. The van der Waals surface area contributed by atoms with E-state index in [2.05, 4.69) is 10.6 Å². The molecule has 0 saturated heterocycles. The molecule has 0 bridgehead atoms. The largest absolute Gasteiger partial charge is 0.481 e. The predicted octanol–water partition coefficient (Wildman–Crippen LogP) is 4.46. The lowest BCUT2D eigenvalue weighted by Crippen LogP contribution is -2.44. The molecule has 0 radical (unpaired) electrons. The molecule has 0 saturated carbocycles. The summed E-state index contributed by atoms with van der Waals surface area (Å²) in [7, 11) is -0.156. The molecule has 0 aliphatic heterocycles. The van der Waals surface area contributed by atoms with Crippen molar-refractivity contribution in [1.29, 1.82) is 0 Å². The Balaban J connectivity index is 2.39. The van der Waals surface area contributed by atoms with Crippen molar-refractivity contribution < 1.29 is 33.0 Å². The average molecular weight is 511 g/mol. The van der Waals surface area contributed by atoms with E-state index in [1.54, 1.807) is 50.1 Å². The normalized spacial score (nSPS) is 13.1. The topological polar surface area (TPSA) is 105 Å². The Morgan fingerprint density at radius 3 is 2.06 bits per heavy atom. The van der Waals surface area contributed by atoms with E-state index >= 15 is 0 Å². The first-order valence-corrected chi connectivity index (χ1v) is 13.6. The predicted molar refractivity (Wildman–Crippen MR) is 133 cm³/mol. The van der Waals surface area contributed by atoms with Crippen molar-refractivity contribution in [2.75, 3.05) is 31.2 Å². The number of anilines is 1. The van der Waals surface area contributed by atoms with Crippen LogP contribution in [-0.4, -0.2) is 48.8 Å². The smallest absolute Gasteiger partial charge is 0.304 e. The number of carboxylic acids is 1. The van der Waals surface area contributed by atoms with Crippen molar-refractivity contribution in [3.05, 3.63) is 59.2 Å². The summed E-state index contributed by atoms with van der Waals surface area (Å²) >= 11 is 0. The maximum Gasteiger partial charge on any atom is 0.304 e. The second-order valence-electron chi connectivity index (χ2n) is 9.63. The Morgan fingerprint density at radius 2 is 1.60 bits per heavy atom. The van der Waals surface area contributed by atoms with Crippen molar-refractivity contribution in [3.8, 4) is 0 Å². The minimum atomic E-state index is -1.70. The summed E-state index contributed by atoms with van der Waals surface area (Å²) in [6.45, 7) is 3.24. The Morgan fingerprint density at radius 1 is 1.06 bits per heavy atom. The van der Waals surface area contributed by atoms with Crippen LogP contribution < -0.4 is 10.6 Å². The number of benzene rings is 2. The Labute approximate surface area is 205 Å². The number of hydrogen-bond donors (Lipinski definition) is 3. The first kappa shape index (κ1) is 28.3. The number of hydrogen-bond acceptors (Lipinski definition) is 4. The number of rotatable bonds is 10. The second kappa shape index (κ2) is 11.2. The van der Waals surface area contributed by atoms with Gasteiger partial charge in [-0.2, -0.15) is 0 Å². The molecular formula is C25H32F2N2O5S. The molecule has 3 N–H and O–H groups in total. The molecule has 2 amide bonds. The lowest BCUT2D eigenvalue weighted by Gasteiger charge is -2.28. The van der Waals surface area contributed by atoms with Crippen LogP contribution in [0.1, 0.15) is 37.4 Å². The van der Waals surface area contributed by atoms with Crippen molar-refractivity contribution in [2.45, 2.75) is 37.8 Å². The molecule has 0 unspecified atom stereocenters. The maximum atomic E-state index is 14.7. The third-order valence-electron chi connectivity index (χ3n) is 5.25. The van der Waals surface area contributed by atoms with Crippen molar-refractivity contribution in [2.24, 2.45) is 5.41 Å². The Bertz CT molecular complexity index is 1080. The maximum absolute atomic E-state index is 14.7. The van der Waals surface area contributed by atoms with E-state index in [1.807, 2.05) is 0 Å². The number of carbonyl (C=O) groups is 3. The summed E-state index contributed by atoms with van der Waals surface area (Å²) < 4.78 is 34.4. The number of halogens is 2. The standard InChI is InChI=1S/C25H32F2N2O5S/c1-25(2,13-20(30)31)24(33)29-21(16-9-7-15(8-10-16)14-34-3)23(32)28-17-11-18(26)22(19(27)12-17)35(4,5)6/h7-12,21H,13-14H2,1-6H3,(H,28,32)(H,29,33)(H,30,31)/t21-/m1/s1. The fourth-order valence-corrected chi connectivity index (χ4v) is 4.78. The van der Waals surface area contributed by atoms with Gasteiger partial charge in [-0.3, -0.25) is 14.4 Å². The summed E-state index contributed by atoms with van der Waals surface area (Å²) in [5.74, 6) is -4.10. The zero-order chi connectivity index (χ0) is 26.6. The second-order valence-corrected chi connectivity index (χ2v) is 13.7. The summed E-state index contributed by atoms with van der Waals surface area (Å²) in [6.07, 6.45) is 4.81. The molecule has 0 heterocycles. The van der Waals surface area contributed by atoms with Crippen LogP contribution in [-0.2, 0) is 25.7 Å². The average Bonchev–Trinajstić information content (AvgIpc) is 2.70. The highest BCUT2D eigenvalue weighted by Gasteiger charge is 2.34. The number of aliphatic carboxylic acids is 1. The van der Waals surface area contributed by atoms with Gasteiger partial charge in [-0.25, -0.2) is 18.8 Å². The number of ether oxygens (including phenoxy) is 1. The van der Waals surface area contributed by atoms with Gasteiger partial charge in [0.15, 0.2) is 0 Å². The van der Waals surface area contributed by atoms with Gasteiger partial charge >= 0.3 is 5.97 Å². The van der Waals surface area contributed by atoms with Gasteiger partial charge in [0, 0.05) is 12.8 Å². The molecule has 0 fully saturated rings. The third-order valence-corrected chi connectivity index (χ3v) is 6.86. The number of carbonyl (C=O) groups excluding carboxylic acids is 2. The van der Waals surface area contributed by atoms with Crippen LogP contribution in [0.5, 0.6) is 0 Å². The molecule has 0 aromatic heterocycles. The lowest BCUT2D eigenvalue weighted by atomic mass is 9.87. The quantitative estimate of drug-likeness (QED) is 0.438. The highest BCUT2D eigenvalue weighted by molar-refractivity contribution is 8.32. The van der Waals surface area contributed by atoms with E-state index in [-0.39, 0.29) is 10.6 Å². The van der Waals surface area contributed by atoms with Gasteiger partial charge in [0.2, 0.25) is 5.91 Å². The van der Waals surface area contributed by atoms with Crippen molar-refractivity contribution >= 4 is 33.5 Å². The van der Waals surface area contributed by atoms with Crippen molar-refractivity contribution in [1.82, 2.24) is 5.32 Å². The monoisotopic (exact) mass is 510 g/mol. The van der Waals surface area contributed by atoms with Crippen LogP contribution in [0.2, 0.25) is 0 Å². The molecule has 0 aliphatic rings. The van der Waals surface area contributed by atoms with E-state index in [4.69, 9.17) is 9.84 Å². The molecule has 2 aromatic carbocycles. The van der Waals surface area contributed by atoms with Gasteiger partial charge in [0.1, 0.15) is 17.7 Å². The summed E-state index contributed by atoms with van der Waals surface area (Å²) in [5.41, 5.74) is -0.177. The van der Waals surface area contributed by atoms with E-state index < -0.39 is 57.3 Å².